The molecule has 0 atom stereocenters. The fourth-order valence-corrected chi connectivity index (χ4v) is 3.05. The minimum atomic E-state index is -3.61. The second-order valence-corrected chi connectivity index (χ2v) is 6.55. The second kappa shape index (κ2) is 5.91. The van der Waals surface area contributed by atoms with Crippen LogP contribution in [0.1, 0.15) is 11.1 Å². The van der Waals surface area contributed by atoms with Gasteiger partial charge in [-0.25, -0.2) is 17.5 Å². The molecule has 0 amide bonds. The van der Waals surface area contributed by atoms with Crippen LogP contribution in [0.2, 0.25) is 5.02 Å². The fourth-order valence-electron chi connectivity index (χ4n) is 1.70. The molecule has 2 aromatic rings. The SMILES string of the molecule is Cc1cccc(S(=O)(=O)NCc2ccc(F)cc2Cl)c1. The molecular formula is C14H13ClFNO2S. The van der Waals surface area contributed by atoms with Crippen molar-refractivity contribution >= 4 is 21.6 Å². The number of sulfonamides is 1. The first kappa shape index (κ1) is 15.0. The number of hydrogen-bond acceptors (Lipinski definition) is 2. The van der Waals surface area contributed by atoms with E-state index in [2.05, 4.69) is 4.72 Å². The molecule has 2 rings (SSSR count). The van der Waals surface area contributed by atoms with E-state index < -0.39 is 15.8 Å². The fraction of sp³-hybridized carbons (Fsp3) is 0.143. The summed E-state index contributed by atoms with van der Waals surface area (Å²) < 4.78 is 39.6. The lowest BCUT2D eigenvalue weighted by atomic mass is 10.2. The Morgan fingerprint density at radius 1 is 1.20 bits per heavy atom. The summed E-state index contributed by atoms with van der Waals surface area (Å²) in [6.07, 6.45) is 0. The van der Waals surface area contributed by atoms with Crippen LogP contribution >= 0.6 is 11.6 Å². The van der Waals surface area contributed by atoms with Crippen LogP contribution in [-0.2, 0) is 16.6 Å². The van der Waals surface area contributed by atoms with Gasteiger partial charge in [0.2, 0.25) is 10.0 Å². The van der Waals surface area contributed by atoms with Gasteiger partial charge in [-0.1, -0.05) is 29.8 Å². The summed E-state index contributed by atoms with van der Waals surface area (Å²) in [5.74, 6) is -0.458. The minimum absolute atomic E-state index is 0.00931. The Morgan fingerprint density at radius 3 is 2.60 bits per heavy atom. The predicted molar refractivity (Wildman–Crippen MR) is 76.6 cm³/mol. The van der Waals surface area contributed by atoms with Crippen molar-refractivity contribution in [1.82, 2.24) is 4.72 Å². The normalized spacial score (nSPS) is 11.6. The van der Waals surface area contributed by atoms with Crippen LogP contribution in [0.15, 0.2) is 47.4 Å². The highest BCUT2D eigenvalue weighted by molar-refractivity contribution is 7.89. The molecule has 0 aromatic heterocycles. The summed E-state index contributed by atoms with van der Waals surface area (Å²) in [5.41, 5.74) is 1.37. The molecule has 0 saturated heterocycles. The molecule has 0 unspecified atom stereocenters. The summed E-state index contributed by atoms with van der Waals surface area (Å²) in [7, 11) is -3.61. The largest absolute Gasteiger partial charge is 0.240 e. The molecule has 0 aliphatic heterocycles. The van der Waals surface area contributed by atoms with Crippen LogP contribution < -0.4 is 4.72 Å². The van der Waals surface area contributed by atoms with E-state index in [1.54, 1.807) is 12.1 Å². The standard InChI is InChI=1S/C14H13ClFNO2S/c1-10-3-2-4-13(7-10)20(18,19)17-9-11-5-6-12(16)8-14(11)15/h2-8,17H,9H2,1H3. The Labute approximate surface area is 122 Å². The molecular weight excluding hydrogens is 301 g/mol. The van der Waals surface area contributed by atoms with Crippen LogP contribution in [0.5, 0.6) is 0 Å². The molecule has 0 aliphatic carbocycles. The van der Waals surface area contributed by atoms with Crippen molar-refractivity contribution in [3.05, 3.63) is 64.4 Å². The van der Waals surface area contributed by atoms with Gasteiger partial charge in [-0.05, 0) is 42.3 Å². The number of halogens is 2. The van der Waals surface area contributed by atoms with Gasteiger partial charge in [-0.3, -0.25) is 0 Å². The average Bonchev–Trinajstić information content (AvgIpc) is 2.37. The quantitative estimate of drug-likeness (QED) is 0.941. The van der Waals surface area contributed by atoms with Gasteiger partial charge in [0.1, 0.15) is 5.82 Å². The molecule has 0 fully saturated rings. The van der Waals surface area contributed by atoms with E-state index in [0.717, 1.165) is 11.6 Å². The van der Waals surface area contributed by atoms with Gasteiger partial charge < -0.3 is 0 Å². The molecule has 20 heavy (non-hydrogen) atoms. The van der Waals surface area contributed by atoms with Gasteiger partial charge in [-0.2, -0.15) is 0 Å². The maximum absolute atomic E-state index is 12.9. The summed E-state index contributed by atoms with van der Waals surface area (Å²) in [6.45, 7) is 1.82. The predicted octanol–water partition coefficient (Wildman–Crippen LogP) is 3.27. The molecule has 6 heteroatoms. The van der Waals surface area contributed by atoms with Crippen LogP contribution in [-0.4, -0.2) is 8.42 Å². The highest BCUT2D eigenvalue weighted by Crippen LogP contribution is 2.18. The second-order valence-electron chi connectivity index (χ2n) is 4.38. The number of nitrogens with one attached hydrogen (secondary N) is 1. The molecule has 3 nitrogen and oxygen atoms in total. The zero-order valence-electron chi connectivity index (χ0n) is 10.7. The van der Waals surface area contributed by atoms with Crippen molar-refractivity contribution in [3.63, 3.8) is 0 Å². The highest BCUT2D eigenvalue weighted by atomic mass is 35.5. The Balaban J connectivity index is 2.17. The van der Waals surface area contributed by atoms with E-state index in [1.807, 2.05) is 13.0 Å². The lowest BCUT2D eigenvalue weighted by Gasteiger charge is -2.08. The Bertz CT molecular complexity index is 732. The van der Waals surface area contributed by atoms with Gasteiger partial charge in [0.05, 0.1) is 4.90 Å². The van der Waals surface area contributed by atoms with E-state index in [-0.39, 0.29) is 16.5 Å². The monoisotopic (exact) mass is 313 g/mol. The van der Waals surface area contributed by atoms with Gasteiger partial charge in [0.15, 0.2) is 0 Å². The lowest BCUT2D eigenvalue weighted by Crippen LogP contribution is -2.23. The maximum Gasteiger partial charge on any atom is 0.240 e. The number of hydrogen-bond donors (Lipinski definition) is 1. The van der Waals surface area contributed by atoms with E-state index in [4.69, 9.17) is 11.6 Å². The molecule has 0 heterocycles. The third-order valence-corrected chi connectivity index (χ3v) is 4.52. The summed E-state index contributed by atoms with van der Waals surface area (Å²) in [6, 6.07) is 10.4. The van der Waals surface area contributed by atoms with Gasteiger partial charge >= 0.3 is 0 Å². The molecule has 0 bridgehead atoms. The Hall–Kier alpha value is -1.43. The van der Waals surface area contributed by atoms with Crippen molar-refractivity contribution in [2.45, 2.75) is 18.4 Å². The van der Waals surface area contributed by atoms with Gasteiger partial charge in [0, 0.05) is 11.6 Å². The number of aryl methyl sites for hydroxylation is 1. The molecule has 2 aromatic carbocycles. The van der Waals surface area contributed by atoms with Crippen LogP contribution in [0.3, 0.4) is 0 Å². The first-order valence-corrected chi connectivity index (χ1v) is 7.75. The van der Waals surface area contributed by atoms with Crippen LogP contribution in [0.4, 0.5) is 4.39 Å². The molecule has 106 valence electrons. The van der Waals surface area contributed by atoms with Gasteiger partial charge in [0.25, 0.3) is 0 Å². The molecule has 0 saturated carbocycles. The van der Waals surface area contributed by atoms with Crippen molar-refractivity contribution < 1.29 is 12.8 Å². The molecule has 0 spiro atoms. The third kappa shape index (κ3) is 3.56. The van der Waals surface area contributed by atoms with E-state index in [1.165, 1.54) is 18.2 Å². The number of rotatable bonds is 4. The summed E-state index contributed by atoms with van der Waals surface area (Å²) in [4.78, 5) is 0.190. The Kier molecular flexibility index (Phi) is 4.42. The molecule has 0 radical (unpaired) electrons. The topological polar surface area (TPSA) is 46.2 Å². The Morgan fingerprint density at radius 2 is 1.95 bits per heavy atom. The third-order valence-electron chi connectivity index (χ3n) is 2.77. The smallest absolute Gasteiger partial charge is 0.207 e. The van der Waals surface area contributed by atoms with Crippen LogP contribution in [0.25, 0.3) is 0 Å². The first-order valence-electron chi connectivity index (χ1n) is 5.89. The zero-order chi connectivity index (χ0) is 14.8. The maximum atomic E-state index is 12.9. The number of benzene rings is 2. The average molecular weight is 314 g/mol. The lowest BCUT2D eigenvalue weighted by molar-refractivity contribution is 0.581. The molecule has 1 N–H and O–H groups in total. The molecule has 0 aliphatic rings. The highest BCUT2D eigenvalue weighted by Gasteiger charge is 2.14. The summed E-state index contributed by atoms with van der Waals surface area (Å²) in [5, 5.41) is 0.192. The summed E-state index contributed by atoms with van der Waals surface area (Å²) >= 11 is 5.85. The van der Waals surface area contributed by atoms with E-state index in [0.29, 0.717) is 5.56 Å². The van der Waals surface area contributed by atoms with Crippen molar-refractivity contribution in [1.29, 1.82) is 0 Å². The van der Waals surface area contributed by atoms with Crippen molar-refractivity contribution in [2.75, 3.05) is 0 Å². The van der Waals surface area contributed by atoms with Crippen molar-refractivity contribution in [2.24, 2.45) is 0 Å². The van der Waals surface area contributed by atoms with Crippen molar-refractivity contribution in [3.8, 4) is 0 Å². The van der Waals surface area contributed by atoms with Gasteiger partial charge in [-0.15, -0.1) is 0 Å². The minimum Gasteiger partial charge on any atom is -0.207 e. The first-order chi connectivity index (χ1) is 9.38. The van der Waals surface area contributed by atoms with E-state index in [9.17, 15) is 12.8 Å². The zero-order valence-corrected chi connectivity index (χ0v) is 12.3. The van der Waals surface area contributed by atoms with E-state index >= 15 is 0 Å². The van der Waals surface area contributed by atoms with Crippen LogP contribution in [0, 0.1) is 12.7 Å².